The molecule has 2 fully saturated rings. The van der Waals surface area contributed by atoms with E-state index in [1.807, 2.05) is 28.0 Å². The second-order valence-corrected chi connectivity index (χ2v) is 7.92. The molecule has 0 bridgehead atoms. The number of nitrogens with one attached hydrogen (secondary N) is 1. The minimum atomic E-state index is -0.0250. The van der Waals surface area contributed by atoms with Crippen LogP contribution < -0.4 is 38.1 Å². The molecule has 2 aromatic heterocycles. The molecule has 0 amide bonds. The number of hydrogen-bond donors (Lipinski definition) is 5. The number of rotatable bonds is 4. The molecule has 0 saturated carbocycles. The Balaban J connectivity index is 0.00000256. The summed E-state index contributed by atoms with van der Waals surface area (Å²) in [5, 5.41) is 3.16. The average molecular weight is 436 g/mol. The number of anilines is 4. The van der Waals surface area contributed by atoms with Gasteiger partial charge in [-0.2, -0.15) is 15.0 Å². The highest BCUT2D eigenvalue weighted by atomic mass is 35.5. The van der Waals surface area contributed by atoms with E-state index in [4.69, 9.17) is 27.9 Å². The zero-order valence-electron chi connectivity index (χ0n) is 16.8. The Labute approximate surface area is 182 Å². The smallest absolute Gasteiger partial charge is 0.235 e. The van der Waals surface area contributed by atoms with E-state index in [0.717, 1.165) is 12.8 Å². The van der Waals surface area contributed by atoms with Gasteiger partial charge in [0.05, 0.1) is 0 Å². The Bertz CT molecular complexity index is 759. The summed E-state index contributed by atoms with van der Waals surface area (Å²) in [6.07, 6.45) is 3.27. The van der Waals surface area contributed by atoms with Crippen molar-refractivity contribution in [2.24, 2.45) is 22.9 Å². The van der Waals surface area contributed by atoms with E-state index in [1.165, 1.54) is 0 Å². The normalized spacial score (nSPS) is 26.8. The standard InChI is InChI=1S/C18H29N11.ClH/c19-11-5-12(20)8-28(7-11)17-25-16(24-15-3-1-2-4-23-15)26-18(27-17)29-9-13(21)6-14(22)10-29;/h1-4,11-14H,5-10,19-22H2,(H,23,24,25,26,27);1H/t11-,12+,13-,14+;. The van der Waals surface area contributed by atoms with Crippen LogP contribution in [0.15, 0.2) is 24.4 Å². The fourth-order valence-corrected chi connectivity index (χ4v) is 3.93. The molecule has 9 N–H and O–H groups in total. The number of pyridine rings is 1. The van der Waals surface area contributed by atoms with Gasteiger partial charge in [-0.05, 0) is 25.0 Å². The van der Waals surface area contributed by atoms with Crippen molar-refractivity contribution in [2.75, 3.05) is 41.3 Å². The predicted octanol–water partition coefficient (Wildman–Crippen LogP) is -0.839. The summed E-state index contributed by atoms with van der Waals surface area (Å²) in [6, 6.07) is 5.49. The minimum Gasteiger partial charge on any atom is -0.338 e. The molecule has 0 unspecified atom stereocenters. The van der Waals surface area contributed by atoms with Crippen LogP contribution in [0.5, 0.6) is 0 Å². The van der Waals surface area contributed by atoms with Crippen LogP contribution in [0.3, 0.4) is 0 Å². The Morgan fingerprint density at radius 1 is 0.767 bits per heavy atom. The second kappa shape index (κ2) is 9.67. The minimum absolute atomic E-state index is 0. The van der Waals surface area contributed by atoms with Crippen LogP contribution in [-0.2, 0) is 0 Å². The number of hydrogen-bond acceptors (Lipinski definition) is 11. The number of piperidine rings is 2. The largest absolute Gasteiger partial charge is 0.338 e. The Kier molecular flexibility index (Phi) is 7.21. The fraction of sp³-hybridized carbons (Fsp3) is 0.556. The van der Waals surface area contributed by atoms with Crippen molar-refractivity contribution >= 4 is 36.1 Å². The number of aromatic nitrogens is 4. The predicted molar refractivity (Wildman–Crippen MR) is 120 cm³/mol. The highest BCUT2D eigenvalue weighted by molar-refractivity contribution is 5.85. The molecule has 4 atom stereocenters. The fourth-order valence-electron chi connectivity index (χ4n) is 3.93. The SMILES string of the molecule is Cl.N[C@@H]1C[C@H](N)CN(c2nc(Nc3ccccn3)nc(N3C[C@H](N)C[C@H](N)C3)n2)C1. The van der Waals surface area contributed by atoms with Crippen LogP contribution in [0.2, 0.25) is 0 Å². The molecule has 2 saturated heterocycles. The van der Waals surface area contributed by atoms with Gasteiger partial charge in [-0.15, -0.1) is 12.4 Å². The van der Waals surface area contributed by atoms with Crippen LogP contribution in [0.4, 0.5) is 23.7 Å². The average Bonchev–Trinajstić information content (AvgIpc) is 2.67. The first kappa shape index (κ1) is 22.4. The highest BCUT2D eigenvalue weighted by Gasteiger charge is 2.28. The molecule has 2 aliphatic heterocycles. The molecule has 4 heterocycles. The zero-order chi connectivity index (χ0) is 20.4. The Morgan fingerprint density at radius 3 is 1.70 bits per heavy atom. The van der Waals surface area contributed by atoms with Gasteiger partial charge < -0.3 is 38.1 Å². The number of nitrogens with two attached hydrogens (primary N) is 4. The first-order valence-corrected chi connectivity index (χ1v) is 9.92. The van der Waals surface area contributed by atoms with Gasteiger partial charge in [0.1, 0.15) is 5.82 Å². The summed E-state index contributed by atoms with van der Waals surface area (Å²) in [6.45, 7) is 2.55. The molecular formula is C18H30ClN11. The molecule has 0 radical (unpaired) electrons. The van der Waals surface area contributed by atoms with Crippen LogP contribution in [0.25, 0.3) is 0 Å². The lowest BCUT2D eigenvalue weighted by molar-refractivity contribution is 0.441. The quantitative estimate of drug-likeness (QED) is 0.405. The third kappa shape index (κ3) is 5.43. The molecule has 4 rings (SSSR count). The zero-order valence-corrected chi connectivity index (χ0v) is 17.6. The summed E-state index contributed by atoms with van der Waals surface area (Å²) < 4.78 is 0. The molecule has 0 aliphatic carbocycles. The van der Waals surface area contributed by atoms with Gasteiger partial charge in [-0.25, -0.2) is 4.98 Å². The lowest BCUT2D eigenvalue weighted by Crippen LogP contribution is -2.54. The van der Waals surface area contributed by atoms with Gasteiger partial charge >= 0.3 is 0 Å². The maximum atomic E-state index is 6.17. The third-order valence-corrected chi connectivity index (χ3v) is 5.11. The summed E-state index contributed by atoms with van der Waals surface area (Å²) in [4.78, 5) is 22.2. The van der Waals surface area contributed by atoms with Gasteiger partial charge in [0.15, 0.2) is 0 Å². The summed E-state index contributed by atoms with van der Waals surface area (Å²) in [7, 11) is 0. The van der Waals surface area contributed by atoms with Crippen molar-refractivity contribution in [3.8, 4) is 0 Å². The van der Waals surface area contributed by atoms with E-state index >= 15 is 0 Å². The van der Waals surface area contributed by atoms with E-state index in [0.29, 0.717) is 49.8 Å². The monoisotopic (exact) mass is 435 g/mol. The van der Waals surface area contributed by atoms with Gasteiger partial charge in [-0.1, -0.05) is 6.07 Å². The maximum Gasteiger partial charge on any atom is 0.235 e. The van der Waals surface area contributed by atoms with Gasteiger partial charge in [0.2, 0.25) is 17.8 Å². The lowest BCUT2D eigenvalue weighted by Gasteiger charge is -2.36. The molecule has 0 spiro atoms. The molecule has 30 heavy (non-hydrogen) atoms. The lowest BCUT2D eigenvalue weighted by atomic mass is 10.0. The second-order valence-electron chi connectivity index (χ2n) is 7.92. The van der Waals surface area contributed by atoms with Gasteiger partial charge in [0, 0.05) is 56.5 Å². The molecule has 12 heteroatoms. The number of nitrogens with zero attached hydrogens (tertiary/aromatic N) is 6. The molecule has 2 aromatic rings. The maximum absolute atomic E-state index is 6.17. The van der Waals surface area contributed by atoms with Crippen LogP contribution >= 0.6 is 12.4 Å². The summed E-state index contributed by atoms with van der Waals surface area (Å²) in [5.74, 6) is 2.12. The third-order valence-electron chi connectivity index (χ3n) is 5.11. The van der Waals surface area contributed by atoms with Crippen molar-refractivity contribution in [1.29, 1.82) is 0 Å². The van der Waals surface area contributed by atoms with Crippen molar-refractivity contribution in [3.63, 3.8) is 0 Å². The van der Waals surface area contributed by atoms with E-state index < -0.39 is 0 Å². The van der Waals surface area contributed by atoms with Crippen molar-refractivity contribution in [2.45, 2.75) is 37.0 Å². The Morgan fingerprint density at radius 2 is 1.27 bits per heavy atom. The van der Waals surface area contributed by atoms with E-state index in [2.05, 4.69) is 20.3 Å². The van der Waals surface area contributed by atoms with Crippen molar-refractivity contribution < 1.29 is 0 Å². The molecule has 2 aliphatic rings. The van der Waals surface area contributed by atoms with E-state index in [-0.39, 0.29) is 36.6 Å². The van der Waals surface area contributed by atoms with E-state index in [9.17, 15) is 0 Å². The van der Waals surface area contributed by atoms with Gasteiger partial charge in [-0.3, -0.25) is 0 Å². The molecule has 164 valence electrons. The Hall–Kier alpha value is -2.31. The van der Waals surface area contributed by atoms with Crippen LogP contribution in [0.1, 0.15) is 12.8 Å². The van der Waals surface area contributed by atoms with Crippen molar-refractivity contribution in [3.05, 3.63) is 24.4 Å². The first-order valence-electron chi connectivity index (χ1n) is 9.92. The summed E-state index contributed by atoms with van der Waals surface area (Å²) in [5.41, 5.74) is 24.7. The molecule has 0 aromatic carbocycles. The van der Waals surface area contributed by atoms with Crippen LogP contribution in [-0.4, -0.2) is 70.3 Å². The van der Waals surface area contributed by atoms with Gasteiger partial charge in [0.25, 0.3) is 0 Å². The number of halogens is 1. The highest BCUT2D eigenvalue weighted by Crippen LogP contribution is 2.23. The molecular weight excluding hydrogens is 406 g/mol. The van der Waals surface area contributed by atoms with E-state index in [1.54, 1.807) is 6.20 Å². The molecule has 11 nitrogen and oxygen atoms in total. The summed E-state index contributed by atoms with van der Waals surface area (Å²) >= 11 is 0. The topological polar surface area (TPSA) is 174 Å². The van der Waals surface area contributed by atoms with Crippen molar-refractivity contribution in [1.82, 2.24) is 19.9 Å². The van der Waals surface area contributed by atoms with Crippen LogP contribution in [0, 0.1) is 0 Å². The first-order chi connectivity index (χ1) is 14.0.